The molecule has 1 aromatic heterocycles. The van der Waals surface area contributed by atoms with Crippen molar-refractivity contribution in [1.29, 1.82) is 5.26 Å². The van der Waals surface area contributed by atoms with Crippen molar-refractivity contribution in [2.75, 3.05) is 10.6 Å². The van der Waals surface area contributed by atoms with Gasteiger partial charge in [-0.25, -0.2) is 9.97 Å². The van der Waals surface area contributed by atoms with Gasteiger partial charge in [-0.15, -0.1) is 0 Å². The van der Waals surface area contributed by atoms with Gasteiger partial charge in [-0.2, -0.15) is 5.26 Å². The fourth-order valence-corrected chi connectivity index (χ4v) is 2.46. The largest absolute Gasteiger partial charge is 0.323 e. The third kappa shape index (κ3) is 4.00. The van der Waals surface area contributed by atoms with E-state index < -0.39 is 0 Å². The molecule has 0 radical (unpaired) electrons. The summed E-state index contributed by atoms with van der Waals surface area (Å²) in [5, 5.41) is 14.8. The minimum Gasteiger partial charge on any atom is -0.323 e. The second-order valence-corrected chi connectivity index (χ2v) is 5.87. The first-order valence-electron chi connectivity index (χ1n) is 7.31. The molecule has 3 aromatic rings. The molecule has 6 nitrogen and oxygen atoms in total. The Balaban J connectivity index is 1.73. The average molecular weight is 394 g/mol. The maximum atomic E-state index is 12.3. The normalized spacial score (nSPS) is 9.92. The Hall–Kier alpha value is -3.24. The molecule has 0 fully saturated rings. The summed E-state index contributed by atoms with van der Waals surface area (Å²) in [5.41, 5.74) is 1.96. The lowest BCUT2D eigenvalue weighted by Gasteiger charge is -2.08. The van der Waals surface area contributed by atoms with Crippen molar-refractivity contribution >= 4 is 39.2 Å². The minimum absolute atomic E-state index is 0.297. The second-order valence-electron chi connectivity index (χ2n) is 5.01. The number of hydrogen-bond acceptors (Lipinski definition) is 5. The molecular weight excluding hydrogens is 382 g/mol. The van der Waals surface area contributed by atoms with Crippen LogP contribution in [-0.2, 0) is 0 Å². The van der Waals surface area contributed by atoms with E-state index in [1.165, 1.54) is 12.4 Å². The maximum Gasteiger partial charge on any atom is 0.258 e. The Morgan fingerprint density at radius 3 is 2.32 bits per heavy atom. The van der Waals surface area contributed by atoms with Crippen molar-refractivity contribution in [3.05, 3.63) is 76.5 Å². The highest BCUT2D eigenvalue weighted by atomic mass is 79.9. The molecule has 0 atom stereocenters. The molecule has 7 heteroatoms. The lowest BCUT2D eigenvalue weighted by molar-refractivity contribution is 0.102. The number of rotatable bonds is 4. The Kier molecular flexibility index (Phi) is 5.02. The number of para-hydroxylation sites is 2. The zero-order chi connectivity index (χ0) is 17.6. The summed E-state index contributed by atoms with van der Waals surface area (Å²) in [5.74, 6) is -0.00369. The first-order chi connectivity index (χ1) is 12.2. The van der Waals surface area contributed by atoms with Gasteiger partial charge in [0.05, 0.1) is 22.5 Å². The molecule has 0 aliphatic heterocycles. The van der Waals surface area contributed by atoms with Gasteiger partial charge in [0.2, 0.25) is 5.95 Å². The Morgan fingerprint density at radius 1 is 1.00 bits per heavy atom. The number of benzene rings is 2. The van der Waals surface area contributed by atoms with Gasteiger partial charge in [-0.3, -0.25) is 4.79 Å². The second kappa shape index (κ2) is 7.55. The van der Waals surface area contributed by atoms with E-state index in [4.69, 9.17) is 5.26 Å². The van der Waals surface area contributed by atoms with Crippen LogP contribution in [0.25, 0.3) is 0 Å². The van der Waals surface area contributed by atoms with Gasteiger partial charge < -0.3 is 10.6 Å². The van der Waals surface area contributed by atoms with Gasteiger partial charge in [0.25, 0.3) is 5.91 Å². The van der Waals surface area contributed by atoms with E-state index in [0.717, 1.165) is 10.2 Å². The fourth-order valence-electron chi connectivity index (χ4n) is 2.08. The molecule has 0 saturated carbocycles. The predicted molar refractivity (Wildman–Crippen MR) is 98.6 cm³/mol. The van der Waals surface area contributed by atoms with Gasteiger partial charge in [0, 0.05) is 16.9 Å². The molecule has 122 valence electrons. The smallest absolute Gasteiger partial charge is 0.258 e. The van der Waals surface area contributed by atoms with E-state index >= 15 is 0 Å². The van der Waals surface area contributed by atoms with Crippen LogP contribution in [0.1, 0.15) is 15.9 Å². The van der Waals surface area contributed by atoms with Gasteiger partial charge in [-0.05, 0) is 40.2 Å². The van der Waals surface area contributed by atoms with Gasteiger partial charge in [0.15, 0.2) is 0 Å². The molecule has 0 spiro atoms. The number of nitrogens with zero attached hydrogens (tertiary/aromatic N) is 3. The third-order valence-corrected chi connectivity index (χ3v) is 4.02. The number of amides is 1. The zero-order valence-corrected chi connectivity index (χ0v) is 14.5. The van der Waals surface area contributed by atoms with Crippen LogP contribution in [0.5, 0.6) is 0 Å². The topological polar surface area (TPSA) is 90.7 Å². The molecule has 3 rings (SSSR count). The predicted octanol–water partition coefficient (Wildman–Crippen LogP) is 4.11. The fraction of sp³-hybridized carbons (Fsp3) is 0. The summed E-state index contributed by atoms with van der Waals surface area (Å²) in [4.78, 5) is 20.6. The van der Waals surface area contributed by atoms with Crippen molar-refractivity contribution in [3.63, 3.8) is 0 Å². The number of nitrogens with one attached hydrogen (secondary N) is 2. The van der Waals surface area contributed by atoms with E-state index in [0.29, 0.717) is 22.8 Å². The summed E-state index contributed by atoms with van der Waals surface area (Å²) in [6.07, 6.45) is 2.85. The monoisotopic (exact) mass is 393 g/mol. The lowest BCUT2D eigenvalue weighted by Crippen LogP contribution is -2.14. The molecule has 25 heavy (non-hydrogen) atoms. The van der Waals surface area contributed by atoms with Crippen molar-refractivity contribution in [2.45, 2.75) is 0 Å². The molecule has 2 N–H and O–H groups in total. The number of carbonyl (C=O) groups excluding carboxylic acids is 1. The van der Waals surface area contributed by atoms with E-state index in [9.17, 15) is 4.79 Å². The van der Waals surface area contributed by atoms with Crippen LogP contribution in [-0.4, -0.2) is 15.9 Å². The molecule has 0 saturated heterocycles. The van der Waals surface area contributed by atoms with E-state index in [1.54, 1.807) is 24.3 Å². The number of aromatic nitrogens is 2. The SMILES string of the molecule is N#Cc1ccccc1NC(=O)c1cnc(Nc2ccccc2Br)nc1. The zero-order valence-electron chi connectivity index (χ0n) is 12.9. The highest BCUT2D eigenvalue weighted by Gasteiger charge is 2.10. The van der Waals surface area contributed by atoms with Crippen LogP contribution in [0, 0.1) is 11.3 Å². The quantitative estimate of drug-likeness (QED) is 0.695. The van der Waals surface area contributed by atoms with Gasteiger partial charge in [0.1, 0.15) is 6.07 Å². The maximum absolute atomic E-state index is 12.3. The number of nitriles is 1. The first-order valence-corrected chi connectivity index (χ1v) is 8.11. The van der Waals surface area contributed by atoms with Crippen molar-refractivity contribution < 1.29 is 4.79 Å². The first kappa shape index (κ1) is 16.6. The van der Waals surface area contributed by atoms with E-state index in [-0.39, 0.29) is 5.91 Å². The van der Waals surface area contributed by atoms with Gasteiger partial charge in [-0.1, -0.05) is 24.3 Å². The molecule has 1 amide bonds. The molecule has 2 aromatic carbocycles. The standard InChI is InChI=1S/C18H12BrN5O/c19-14-6-2-4-8-16(14)24-18-21-10-13(11-22-18)17(25)23-15-7-3-1-5-12(15)9-20/h1-8,10-11H,(H,23,25)(H,21,22,24). The van der Waals surface area contributed by atoms with Crippen LogP contribution >= 0.6 is 15.9 Å². The molecule has 0 unspecified atom stereocenters. The number of hydrogen-bond donors (Lipinski definition) is 2. The Labute approximate surface area is 152 Å². The summed E-state index contributed by atoms with van der Waals surface area (Å²) in [6, 6.07) is 16.4. The molecular formula is C18H12BrN5O. The summed E-state index contributed by atoms with van der Waals surface area (Å²) in [6.45, 7) is 0. The van der Waals surface area contributed by atoms with Crippen LogP contribution in [0.2, 0.25) is 0 Å². The lowest BCUT2D eigenvalue weighted by atomic mass is 10.2. The van der Waals surface area contributed by atoms with E-state index in [2.05, 4.69) is 36.5 Å². The molecule has 1 heterocycles. The summed E-state index contributed by atoms with van der Waals surface area (Å²) >= 11 is 3.43. The Bertz CT molecular complexity index is 950. The van der Waals surface area contributed by atoms with Crippen LogP contribution in [0.15, 0.2) is 65.4 Å². The highest BCUT2D eigenvalue weighted by molar-refractivity contribution is 9.10. The molecule has 0 aliphatic rings. The Morgan fingerprint density at radius 2 is 1.64 bits per heavy atom. The van der Waals surface area contributed by atoms with Crippen molar-refractivity contribution in [3.8, 4) is 6.07 Å². The summed E-state index contributed by atoms with van der Waals surface area (Å²) in [7, 11) is 0. The van der Waals surface area contributed by atoms with Crippen LogP contribution in [0.4, 0.5) is 17.3 Å². The number of anilines is 3. The average Bonchev–Trinajstić information content (AvgIpc) is 2.64. The van der Waals surface area contributed by atoms with Crippen molar-refractivity contribution in [2.24, 2.45) is 0 Å². The molecule has 0 bridgehead atoms. The highest BCUT2D eigenvalue weighted by Crippen LogP contribution is 2.23. The van der Waals surface area contributed by atoms with E-state index in [1.807, 2.05) is 30.3 Å². The third-order valence-electron chi connectivity index (χ3n) is 3.33. The number of halogens is 1. The number of carbonyl (C=O) groups is 1. The molecule has 0 aliphatic carbocycles. The van der Waals surface area contributed by atoms with Crippen molar-refractivity contribution in [1.82, 2.24) is 9.97 Å². The van der Waals surface area contributed by atoms with Gasteiger partial charge >= 0.3 is 0 Å². The van der Waals surface area contributed by atoms with Crippen LogP contribution in [0.3, 0.4) is 0 Å². The summed E-state index contributed by atoms with van der Waals surface area (Å²) < 4.78 is 0.883. The minimum atomic E-state index is -0.379. The van der Waals surface area contributed by atoms with Crippen LogP contribution < -0.4 is 10.6 Å².